The first kappa shape index (κ1) is 19.0. The summed E-state index contributed by atoms with van der Waals surface area (Å²) < 4.78 is 5.31. The third-order valence-electron chi connectivity index (χ3n) is 6.87. The van der Waals surface area contributed by atoms with Crippen molar-refractivity contribution in [2.75, 3.05) is 11.9 Å². The number of fused-ring (bicyclic) bond motifs is 3. The monoisotopic (exact) mass is 410 g/mol. The van der Waals surface area contributed by atoms with Crippen molar-refractivity contribution in [3.05, 3.63) is 24.3 Å². The van der Waals surface area contributed by atoms with Crippen LogP contribution in [0.2, 0.25) is 0 Å². The number of amides is 1. The lowest BCUT2D eigenvalue weighted by Gasteiger charge is -2.50. The van der Waals surface area contributed by atoms with Gasteiger partial charge in [-0.05, 0) is 55.4 Å². The fourth-order valence-electron chi connectivity index (χ4n) is 5.61. The minimum absolute atomic E-state index is 0.0634. The second kappa shape index (κ2) is 7.09. The number of aliphatic hydroxyl groups excluding tert-OH is 1. The van der Waals surface area contributed by atoms with E-state index in [-0.39, 0.29) is 29.8 Å². The van der Waals surface area contributed by atoms with Crippen molar-refractivity contribution < 1.29 is 14.4 Å². The topological polar surface area (TPSA) is 143 Å². The van der Waals surface area contributed by atoms with Crippen LogP contribution in [0.3, 0.4) is 0 Å². The molecule has 4 atom stereocenters. The van der Waals surface area contributed by atoms with Gasteiger partial charge in [-0.25, -0.2) is 4.98 Å². The van der Waals surface area contributed by atoms with E-state index in [1.165, 1.54) is 0 Å². The summed E-state index contributed by atoms with van der Waals surface area (Å²) in [6.45, 7) is 2.55. The third kappa shape index (κ3) is 3.13. The highest BCUT2D eigenvalue weighted by Gasteiger charge is 2.45. The Morgan fingerprint density at radius 1 is 1.47 bits per heavy atom. The third-order valence-corrected chi connectivity index (χ3v) is 6.87. The summed E-state index contributed by atoms with van der Waals surface area (Å²) in [6, 6.07) is 2.23. The van der Waals surface area contributed by atoms with Crippen molar-refractivity contribution in [3.63, 3.8) is 0 Å². The molecular weight excluding hydrogens is 384 g/mol. The molecule has 5 rings (SSSR count). The molecule has 1 amide bonds. The van der Waals surface area contributed by atoms with Crippen molar-refractivity contribution in [1.82, 2.24) is 20.1 Å². The predicted octanol–water partition coefficient (Wildman–Crippen LogP) is 2.70. The minimum Gasteiger partial charge on any atom is -0.396 e. The number of anilines is 1. The van der Waals surface area contributed by atoms with E-state index in [0.717, 1.165) is 48.8 Å². The number of rotatable bonds is 5. The summed E-state index contributed by atoms with van der Waals surface area (Å²) in [5.41, 5.74) is 7.61. The van der Waals surface area contributed by atoms with Gasteiger partial charge in [-0.3, -0.25) is 4.79 Å². The molecule has 0 spiro atoms. The number of hydrogen-bond donors (Lipinski definition) is 4. The van der Waals surface area contributed by atoms with Crippen LogP contribution in [0, 0.1) is 17.3 Å². The molecule has 0 saturated heterocycles. The van der Waals surface area contributed by atoms with Crippen LogP contribution >= 0.6 is 0 Å². The number of nitrogens with one attached hydrogen (secondary N) is 2. The van der Waals surface area contributed by atoms with E-state index >= 15 is 0 Å². The van der Waals surface area contributed by atoms with Gasteiger partial charge in [0.2, 0.25) is 0 Å². The summed E-state index contributed by atoms with van der Waals surface area (Å²) in [5, 5.41) is 18.4. The number of carbonyl (C=O) groups excluding carboxylic acids is 1. The van der Waals surface area contributed by atoms with E-state index in [9.17, 15) is 9.90 Å². The second-order valence-corrected chi connectivity index (χ2v) is 9.03. The Labute approximate surface area is 173 Å². The van der Waals surface area contributed by atoms with Gasteiger partial charge in [0, 0.05) is 30.4 Å². The van der Waals surface area contributed by atoms with E-state index in [1.54, 1.807) is 6.20 Å². The maximum absolute atomic E-state index is 11.4. The lowest BCUT2D eigenvalue weighted by Crippen LogP contribution is -2.47. The van der Waals surface area contributed by atoms with E-state index in [4.69, 9.17) is 10.3 Å². The van der Waals surface area contributed by atoms with Crippen LogP contribution in [0.15, 0.2) is 23.0 Å². The average Bonchev–Trinajstić information content (AvgIpc) is 3.39. The van der Waals surface area contributed by atoms with Crippen molar-refractivity contribution in [1.29, 1.82) is 0 Å². The smallest absolute Gasteiger partial charge is 0.290 e. The number of nitrogens with two attached hydrogens (primary N) is 1. The molecule has 2 aliphatic rings. The number of aromatic nitrogens is 4. The molecule has 2 saturated carbocycles. The molecule has 2 fully saturated rings. The van der Waals surface area contributed by atoms with Crippen LogP contribution in [0.4, 0.5) is 5.69 Å². The highest BCUT2D eigenvalue weighted by atomic mass is 16.5. The maximum atomic E-state index is 11.4. The van der Waals surface area contributed by atoms with E-state index in [0.29, 0.717) is 17.4 Å². The Morgan fingerprint density at radius 3 is 3.10 bits per heavy atom. The van der Waals surface area contributed by atoms with Crippen LogP contribution < -0.4 is 11.1 Å². The molecule has 9 nitrogen and oxygen atoms in total. The molecule has 2 unspecified atom stereocenters. The highest BCUT2D eigenvalue weighted by Crippen LogP contribution is 2.51. The Hall–Kier alpha value is -2.94. The zero-order valence-corrected chi connectivity index (χ0v) is 16.9. The van der Waals surface area contributed by atoms with Gasteiger partial charge >= 0.3 is 0 Å². The minimum atomic E-state index is -0.737. The molecule has 30 heavy (non-hydrogen) atoms. The summed E-state index contributed by atoms with van der Waals surface area (Å²) in [4.78, 5) is 23.1. The maximum Gasteiger partial charge on any atom is 0.290 e. The van der Waals surface area contributed by atoms with E-state index < -0.39 is 5.91 Å². The molecule has 2 bridgehead atoms. The van der Waals surface area contributed by atoms with Gasteiger partial charge in [0.15, 0.2) is 0 Å². The van der Waals surface area contributed by atoms with Gasteiger partial charge in [-0.2, -0.15) is 4.98 Å². The Morgan fingerprint density at radius 2 is 2.33 bits per heavy atom. The van der Waals surface area contributed by atoms with Gasteiger partial charge in [-0.15, -0.1) is 0 Å². The summed E-state index contributed by atoms with van der Waals surface area (Å²) >= 11 is 0. The van der Waals surface area contributed by atoms with Gasteiger partial charge in [0.25, 0.3) is 17.6 Å². The predicted molar refractivity (Wildman–Crippen MR) is 111 cm³/mol. The Balaban J connectivity index is 1.52. The highest BCUT2D eigenvalue weighted by molar-refractivity contribution is 5.97. The first-order valence-electron chi connectivity index (χ1n) is 10.5. The van der Waals surface area contributed by atoms with Crippen LogP contribution in [0.5, 0.6) is 0 Å². The Kier molecular flexibility index (Phi) is 4.50. The summed E-state index contributed by atoms with van der Waals surface area (Å²) in [6.07, 6.45) is 8.79. The fraction of sp³-hybridized carbons (Fsp3) is 0.524. The largest absolute Gasteiger partial charge is 0.396 e. The van der Waals surface area contributed by atoms with E-state index in [1.807, 2.05) is 12.3 Å². The molecule has 5 N–H and O–H groups in total. The van der Waals surface area contributed by atoms with Crippen LogP contribution in [-0.2, 0) is 0 Å². The van der Waals surface area contributed by atoms with Crippen LogP contribution in [0.1, 0.15) is 49.6 Å². The normalized spacial score (nSPS) is 28.5. The molecular formula is C21H26N6O3. The standard InChI is InChI=1S/C21H26N6O3/c1-11-6-12-8-21(7-11,10-28)4-2-15(12)25-16-13-3-5-23-18(13)24-9-14(16)20-26-19(17(22)29)27-30-20/h3,5,9,11-12,15,28H,2,4,6-8,10H2,1H3,(H2,22,29)(H2,23,24,25)/t11?,12-,15?,21-/m0/s1. The summed E-state index contributed by atoms with van der Waals surface area (Å²) in [5.74, 6) is 0.391. The van der Waals surface area contributed by atoms with Crippen molar-refractivity contribution >= 4 is 22.6 Å². The Bertz CT molecular complexity index is 1090. The number of hydrogen-bond acceptors (Lipinski definition) is 7. The van der Waals surface area contributed by atoms with Crippen LogP contribution in [-0.4, -0.2) is 43.8 Å². The number of aromatic amines is 1. The number of primary amides is 1. The SMILES string of the molecule is CC1C[C@H]2C[C@](CO)(CCC2Nc2c(-c3nc(C(N)=O)no3)cnc3[nH]ccc23)C1. The van der Waals surface area contributed by atoms with Crippen molar-refractivity contribution in [2.45, 2.75) is 45.1 Å². The van der Waals surface area contributed by atoms with Crippen LogP contribution in [0.25, 0.3) is 22.5 Å². The van der Waals surface area contributed by atoms with Gasteiger partial charge < -0.3 is 25.7 Å². The molecule has 0 aliphatic heterocycles. The molecule has 9 heteroatoms. The van der Waals surface area contributed by atoms with Crippen molar-refractivity contribution in [3.8, 4) is 11.5 Å². The molecule has 0 radical (unpaired) electrons. The second-order valence-electron chi connectivity index (χ2n) is 9.03. The molecule has 3 heterocycles. The quantitative estimate of drug-likeness (QED) is 0.506. The first-order chi connectivity index (χ1) is 14.5. The molecule has 2 aliphatic carbocycles. The zero-order valence-electron chi connectivity index (χ0n) is 16.9. The lowest BCUT2D eigenvalue weighted by atomic mass is 9.58. The molecule has 3 aromatic rings. The molecule has 0 aromatic carbocycles. The van der Waals surface area contributed by atoms with Gasteiger partial charge in [0.1, 0.15) is 5.65 Å². The number of nitrogens with zero attached hydrogens (tertiary/aromatic N) is 3. The first-order valence-corrected chi connectivity index (χ1v) is 10.5. The number of carbonyl (C=O) groups is 1. The van der Waals surface area contributed by atoms with Gasteiger partial charge in [0.05, 0.1) is 11.3 Å². The molecule has 158 valence electrons. The van der Waals surface area contributed by atoms with Crippen molar-refractivity contribution in [2.24, 2.45) is 23.0 Å². The number of aliphatic hydroxyl groups is 1. The summed E-state index contributed by atoms with van der Waals surface area (Å²) in [7, 11) is 0. The lowest BCUT2D eigenvalue weighted by molar-refractivity contribution is -0.00900. The average molecular weight is 410 g/mol. The zero-order chi connectivity index (χ0) is 20.9. The number of pyridine rings is 1. The van der Waals surface area contributed by atoms with E-state index in [2.05, 4.69) is 32.3 Å². The molecule has 3 aromatic heterocycles. The fourth-order valence-corrected chi connectivity index (χ4v) is 5.61. The number of H-pyrrole nitrogens is 1. The van der Waals surface area contributed by atoms with Gasteiger partial charge in [-0.1, -0.05) is 12.1 Å².